The summed E-state index contributed by atoms with van der Waals surface area (Å²) in [6.07, 6.45) is 0. The lowest BCUT2D eigenvalue weighted by Crippen LogP contribution is -2.27. The van der Waals surface area contributed by atoms with Crippen LogP contribution in [0.4, 0.5) is 11.4 Å². The fourth-order valence-corrected chi connectivity index (χ4v) is 2.60. The molecule has 106 valence electrons. The first-order valence-electron chi connectivity index (χ1n) is 5.37. The minimum absolute atomic E-state index is 0.0414. The number of nitrogens with one attached hydrogen (secondary N) is 2. The third-order valence-electron chi connectivity index (χ3n) is 2.33. The van der Waals surface area contributed by atoms with Gasteiger partial charge in [0.05, 0.1) is 11.5 Å². The molecule has 1 aromatic carbocycles. The molecule has 0 bridgehead atoms. The van der Waals surface area contributed by atoms with Crippen LogP contribution in [0.5, 0.6) is 0 Å². The van der Waals surface area contributed by atoms with E-state index in [1.165, 1.54) is 19.2 Å². The highest BCUT2D eigenvalue weighted by Gasteiger charge is 2.25. The van der Waals surface area contributed by atoms with E-state index in [4.69, 9.17) is 4.74 Å². The van der Waals surface area contributed by atoms with Crippen LogP contribution < -0.4 is 10.0 Å². The molecule has 1 aromatic rings. The zero-order valence-electron chi connectivity index (χ0n) is 10.5. The van der Waals surface area contributed by atoms with Crippen molar-refractivity contribution in [3.8, 4) is 0 Å². The summed E-state index contributed by atoms with van der Waals surface area (Å²) < 4.78 is 31.0. The number of nitrogens with zero attached hydrogens (tertiary/aromatic N) is 1. The molecule has 8 nitrogen and oxygen atoms in total. The number of methoxy groups -OCH3 is 1. The zero-order chi connectivity index (χ0) is 14.5. The van der Waals surface area contributed by atoms with Gasteiger partial charge in [-0.3, -0.25) is 10.1 Å². The summed E-state index contributed by atoms with van der Waals surface area (Å²) in [6, 6.07) is 3.80. The summed E-state index contributed by atoms with van der Waals surface area (Å²) in [5.41, 5.74) is 0.00151. The van der Waals surface area contributed by atoms with Gasteiger partial charge in [-0.05, 0) is 12.1 Å². The van der Waals surface area contributed by atoms with Crippen LogP contribution in [0, 0.1) is 10.1 Å². The quantitative estimate of drug-likeness (QED) is 0.431. The van der Waals surface area contributed by atoms with Gasteiger partial charge in [-0.25, -0.2) is 13.1 Å². The molecule has 0 aliphatic carbocycles. The smallest absolute Gasteiger partial charge is 0.289 e. The largest absolute Gasteiger partial charge is 0.388 e. The fraction of sp³-hybridized carbons (Fsp3) is 0.400. The monoisotopic (exact) mass is 289 g/mol. The molecular formula is C10H15N3O5S. The average Bonchev–Trinajstić information content (AvgIpc) is 2.38. The van der Waals surface area contributed by atoms with Crippen molar-refractivity contribution in [1.29, 1.82) is 0 Å². The van der Waals surface area contributed by atoms with E-state index in [1.807, 2.05) is 0 Å². The Morgan fingerprint density at radius 2 is 2.11 bits per heavy atom. The summed E-state index contributed by atoms with van der Waals surface area (Å²) in [7, 11) is -0.930. The zero-order valence-corrected chi connectivity index (χ0v) is 11.4. The maximum atomic E-state index is 12.0. The van der Waals surface area contributed by atoms with E-state index < -0.39 is 20.6 Å². The third-order valence-corrected chi connectivity index (χ3v) is 3.82. The maximum absolute atomic E-state index is 12.0. The van der Waals surface area contributed by atoms with Gasteiger partial charge in [-0.1, -0.05) is 0 Å². The van der Waals surface area contributed by atoms with E-state index in [-0.39, 0.29) is 18.0 Å². The Bertz CT molecular complexity index is 558. The predicted molar refractivity (Wildman–Crippen MR) is 69.7 cm³/mol. The lowest BCUT2D eigenvalue weighted by Gasteiger charge is -2.08. The Labute approximate surface area is 111 Å². The molecule has 1 rings (SSSR count). The van der Waals surface area contributed by atoms with Crippen LogP contribution in [0.2, 0.25) is 0 Å². The van der Waals surface area contributed by atoms with E-state index >= 15 is 0 Å². The van der Waals surface area contributed by atoms with Crippen molar-refractivity contribution in [2.24, 2.45) is 0 Å². The van der Waals surface area contributed by atoms with Crippen LogP contribution in [-0.4, -0.2) is 40.7 Å². The second kappa shape index (κ2) is 6.45. The number of rotatable bonds is 7. The van der Waals surface area contributed by atoms with Crippen LogP contribution >= 0.6 is 0 Å². The molecule has 0 saturated carbocycles. The molecule has 0 atom stereocenters. The van der Waals surface area contributed by atoms with Gasteiger partial charge >= 0.3 is 0 Å². The Morgan fingerprint density at radius 3 is 2.63 bits per heavy atom. The molecule has 0 radical (unpaired) electrons. The molecule has 0 fully saturated rings. The van der Waals surface area contributed by atoms with Crippen LogP contribution in [0.15, 0.2) is 23.1 Å². The lowest BCUT2D eigenvalue weighted by atomic mass is 10.3. The highest BCUT2D eigenvalue weighted by molar-refractivity contribution is 7.89. The number of nitro benzene ring substituents is 1. The number of sulfonamides is 1. The van der Waals surface area contributed by atoms with Gasteiger partial charge in [-0.2, -0.15) is 0 Å². The minimum atomic E-state index is -3.95. The fourth-order valence-electron chi connectivity index (χ4n) is 1.39. The van der Waals surface area contributed by atoms with Crippen molar-refractivity contribution in [1.82, 2.24) is 4.72 Å². The summed E-state index contributed by atoms with van der Waals surface area (Å²) in [4.78, 5) is 9.76. The molecule has 0 saturated heterocycles. The number of hydrogen-bond acceptors (Lipinski definition) is 6. The Balaban J connectivity index is 3.18. The normalized spacial score (nSPS) is 11.3. The number of benzene rings is 1. The standard InChI is InChI=1S/C10H15N3O5S/c1-11-8-3-4-9(13(14)15)10(7-8)19(16,17)12-5-6-18-2/h3-4,7,11-12H,5-6H2,1-2H3. The number of ether oxygens (including phenoxy) is 1. The molecule has 0 spiro atoms. The molecule has 0 aliphatic heterocycles. The molecular weight excluding hydrogens is 274 g/mol. The van der Waals surface area contributed by atoms with E-state index in [0.29, 0.717) is 5.69 Å². The molecule has 0 heterocycles. The second-order valence-corrected chi connectivity index (χ2v) is 5.32. The number of hydrogen-bond donors (Lipinski definition) is 2. The first-order valence-corrected chi connectivity index (χ1v) is 6.85. The summed E-state index contributed by atoms with van der Waals surface area (Å²) in [6.45, 7) is 0.221. The van der Waals surface area contributed by atoms with Gasteiger partial charge in [0.25, 0.3) is 5.69 Å². The average molecular weight is 289 g/mol. The van der Waals surface area contributed by atoms with Crippen molar-refractivity contribution < 1.29 is 18.1 Å². The number of anilines is 1. The Hall–Kier alpha value is -1.71. The number of nitro groups is 1. The van der Waals surface area contributed by atoms with Crippen molar-refractivity contribution >= 4 is 21.4 Å². The SMILES string of the molecule is CNc1ccc([N+](=O)[O-])c(S(=O)(=O)NCCOC)c1. The first-order chi connectivity index (χ1) is 8.92. The topological polar surface area (TPSA) is 111 Å². The molecule has 19 heavy (non-hydrogen) atoms. The van der Waals surface area contributed by atoms with Crippen molar-refractivity contribution in [2.75, 3.05) is 32.6 Å². The molecule has 0 amide bonds. The van der Waals surface area contributed by atoms with Gasteiger partial charge in [-0.15, -0.1) is 0 Å². The lowest BCUT2D eigenvalue weighted by molar-refractivity contribution is -0.387. The van der Waals surface area contributed by atoms with Crippen molar-refractivity contribution in [3.63, 3.8) is 0 Å². The summed E-state index contributed by atoms with van der Waals surface area (Å²) in [5.74, 6) is 0. The predicted octanol–water partition coefficient (Wildman–Crippen LogP) is 0.561. The van der Waals surface area contributed by atoms with E-state index in [2.05, 4.69) is 10.0 Å². The van der Waals surface area contributed by atoms with E-state index in [0.717, 1.165) is 6.07 Å². The molecule has 0 unspecified atom stereocenters. The van der Waals surface area contributed by atoms with Crippen LogP contribution in [0.3, 0.4) is 0 Å². The van der Waals surface area contributed by atoms with E-state index in [1.54, 1.807) is 7.05 Å². The molecule has 0 aromatic heterocycles. The second-order valence-electron chi connectivity index (χ2n) is 3.58. The van der Waals surface area contributed by atoms with Crippen LogP contribution in [-0.2, 0) is 14.8 Å². The van der Waals surface area contributed by atoms with Crippen LogP contribution in [0.25, 0.3) is 0 Å². The Kier molecular flexibility index (Phi) is 5.21. The van der Waals surface area contributed by atoms with Crippen molar-refractivity contribution in [3.05, 3.63) is 28.3 Å². The van der Waals surface area contributed by atoms with Gasteiger partial charge in [0, 0.05) is 32.5 Å². The maximum Gasteiger partial charge on any atom is 0.289 e. The Morgan fingerprint density at radius 1 is 1.42 bits per heavy atom. The van der Waals surface area contributed by atoms with Gasteiger partial charge in [0.1, 0.15) is 0 Å². The van der Waals surface area contributed by atoms with Crippen molar-refractivity contribution in [2.45, 2.75) is 4.90 Å². The molecule has 9 heteroatoms. The summed E-state index contributed by atoms with van der Waals surface area (Å²) in [5, 5.41) is 13.6. The highest BCUT2D eigenvalue weighted by atomic mass is 32.2. The van der Waals surface area contributed by atoms with Gasteiger partial charge < -0.3 is 10.1 Å². The van der Waals surface area contributed by atoms with Crippen LogP contribution in [0.1, 0.15) is 0 Å². The summed E-state index contributed by atoms with van der Waals surface area (Å²) >= 11 is 0. The molecule has 2 N–H and O–H groups in total. The highest BCUT2D eigenvalue weighted by Crippen LogP contribution is 2.26. The third kappa shape index (κ3) is 3.88. The van der Waals surface area contributed by atoms with Gasteiger partial charge in [0.2, 0.25) is 10.0 Å². The minimum Gasteiger partial charge on any atom is -0.388 e. The van der Waals surface area contributed by atoms with Gasteiger partial charge in [0.15, 0.2) is 4.90 Å². The first kappa shape index (κ1) is 15.3. The molecule has 0 aliphatic rings. The van der Waals surface area contributed by atoms with E-state index in [9.17, 15) is 18.5 Å².